The third kappa shape index (κ3) is 1.98. The van der Waals surface area contributed by atoms with Crippen molar-refractivity contribution in [2.24, 2.45) is 5.73 Å². The second-order valence-corrected chi connectivity index (χ2v) is 4.65. The van der Waals surface area contributed by atoms with Crippen LogP contribution in [0.1, 0.15) is 28.0 Å². The summed E-state index contributed by atoms with van der Waals surface area (Å²) < 4.78 is 0. The Morgan fingerprint density at radius 1 is 1.44 bits per heavy atom. The number of halogens is 1. The second-order valence-electron chi connectivity index (χ2n) is 4.65. The van der Waals surface area contributed by atoms with Gasteiger partial charge in [-0.3, -0.25) is 0 Å². The highest BCUT2D eigenvalue weighted by atomic mass is 35.5. The van der Waals surface area contributed by atoms with Crippen LogP contribution in [0.25, 0.3) is 10.9 Å². The summed E-state index contributed by atoms with van der Waals surface area (Å²) >= 11 is 0. The molecule has 1 heterocycles. The highest BCUT2D eigenvalue weighted by molar-refractivity contribution is 5.95. The van der Waals surface area contributed by atoms with Gasteiger partial charge in [-0.1, -0.05) is 0 Å². The van der Waals surface area contributed by atoms with E-state index < -0.39 is 5.97 Å². The number of aromatic carboxylic acids is 1. The highest BCUT2D eigenvalue weighted by Crippen LogP contribution is 2.29. The molecule has 96 valence electrons. The van der Waals surface area contributed by atoms with E-state index in [0.29, 0.717) is 5.56 Å². The third-order valence-corrected chi connectivity index (χ3v) is 3.47. The molecule has 1 aromatic heterocycles. The lowest BCUT2D eigenvalue weighted by atomic mass is 9.92. The molecule has 0 saturated heterocycles. The lowest BCUT2D eigenvalue weighted by molar-refractivity contribution is 0.0697. The molecule has 0 radical (unpaired) electrons. The molecule has 0 saturated carbocycles. The van der Waals surface area contributed by atoms with E-state index in [9.17, 15) is 4.79 Å². The predicted molar refractivity (Wildman–Crippen MR) is 72.5 cm³/mol. The Morgan fingerprint density at radius 2 is 2.22 bits per heavy atom. The summed E-state index contributed by atoms with van der Waals surface area (Å²) in [6, 6.07) is 5.40. The standard InChI is InChI=1S/C13H14N2O2.ClH/c14-8-2-4-12-10(6-8)9-5-7(13(16)17)1-3-11(9)15-12;/h1,3,5,8,15H,2,4,6,14H2,(H,16,17);1H. The van der Waals surface area contributed by atoms with E-state index in [1.165, 1.54) is 11.3 Å². The fraction of sp³-hybridized carbons (Fsp3) is 0.308. The monoisotopic (exact) mass is 266 g/mol. The van der Waals surface area contributed by atoms with Crippen molar-refractivity contribution in [1.29, 1.82) is 0 Å². The van der Waals surface area contributed by atoms with Crippen molar-refractivity contribution in [1.82, 2.24) is 4.98 Å². The molecule has 3 rings (SSSR count). The van der Waals surface area contributed by atoms with Crippen LogP contribution in [0.2, 0.25) is 0 Å². The fourth-order valence-electron chi connectivity index (χ4n) is 2.58. The van der Waals surface area contributed by atoms with Crippen molar-refractivity contribution in [3.63, 3.8) is 0 Å². The van der Waals surface area contributed by atoms with Crippen molar-refractivity contribution >= 4 is 29.3 Å². The third-order valence-electron chi connectivity index (χ3n) is 3.47. The van der Waals surface area contributed by atoms with E-state index in [1.807, 2.05) is 6.07 Å². The lowest BCUT2D eigenvalue weighted by Gasteiger charge is -2.18. The topological polar surface area (TPSA) is 79.1 Å². The average Bonchev–Trinajstić information content (AvgIpc) is 2.66. The van der Waals surface area contributed by atoms with Crippen molar-refractivity contribution in [2.45, 2.75) is 25.3 Å². The average molecular weight is 267 g/mol. The smallest absolute Gasteiger partial charge is 0.335 e. The van der Waals surface area contributed by atoms with Crippen LogP contribution in [0, 0.1) is 0 Å². The normalized spacial score (nSPS) is 18.2. The molecule has 0 bridgehead atoms. The van der Waals surface area contributed by atoms with E-state index in [0.717, 1.165) is 30.2 Å². The van der Waals surface area contributed by atoms with Gasteiger partial charge in [0.2, 0.25) is 0 Å². The maximum atomic E-state index is 11.0. The molecule has 0 amide bonds. The van der Waals surface area contributed by atoms with Crippen LogP contribution in [0.4, 0.5) is 0 Å². The van der Waals surface area contributed by atoms with Gasteiger partial charge in [-0.2, -0.15) is 0 Å². The summed E-state index contributed by atoms with van der Waals surface area (Å²) in [4.78, 5) is 14.3. The number of carboxylic acids is 1. The summed E-state index contributed by atoms with van der Waals surface area (Å²) in [7, 11) is 0. The predicted octanol–water partition coefficient (Wildman–Crippen LogP) is 2.10. The van der Waals surface area contributed by atoms with Gasteiger partial charge in [0.25, 0.3) is 0 Å². The molecular weight excluding hydrogens is 252 g/mol. The first kappa shape index (κ1) is 12.9. The number of fused-ring (bicyclic) bond motifs is 3. The fourth-order valence-corrected chi connectivity index (χ4v) is 2.58. The summed E-state index contributed by atoms with van der Waals surface area (Å²) in [5.41, 5.74) is 9.72. The molecule has 2 aromatic rings. The van der Waals surface area contributed by atoms with Crippen molar-refractivity contribution in [3.05, 3.63) is 35.0 Å². The van der Waals surface area contributed by atoms with E-state index >= 15 is 0 Å². The van der Waals surface area contributed by atoms with Gasteiger partial charge in [0.1, 0.15) is 0 Å². The molecule has 1 aliphatic carbocycles. The first-order chi connectivity index (χ1) is 8.15. The minimum absolute atomic E-state index is 0. The Labute approximate surface area is 111 Å². The van der Waals surface area contributed by atoms with Gasteiger partial charge in [-0.25, -0.2) is 4.79 Å². The number of rotatable bonds is 1. The van der Waals surface area contributed by atoms with Gasteiger partial charge in [0.15, 0.2) is 0 Å². The van der Waals surface area contributed by atoms with Crippen LogP contribution in [-0.2, 0) is 12.8 Å². The first-order valence-corrected chi connectivity index (χ1v) is 5.77. The highest BCUT2D eigenvalue weighted by Gasteiger charge is 2.20. The Kier molecular flexibility index (Phi) is 3.32. The van der Waals surface area contributed by atoms with Crippen molar-refractivity contribution < 1.29 is 9.90 Å². The second kappa shape index (κ2) is 4.63. The molecular formula is C13H15ClN2O2. The maximum Gasteiger partial charge on any atom is 0.335 e. The number of aromatic nitrogens is 1. The Balaban J connectivity index is 0.00000120. The van der Waals surface area contributed by atoms with Gasteiger partial charge in [-0.05, 0) is 43.0 Å². The quantitative estimate of drug-likeness (QED) is 0.740. The van der Waals surface area contributed by atoms with Gasteiger partial charge in [-0.15, -0.1) is 12.4 Å². The zero-order valence-corrected chi connectivity index (χ0v) is 10.6. The molecule has 0 fully saturated rings. The number of carbonyl (C=O) groups is 1. The van der Waals surface area contributed by atoms with Crippen LogP contribution in [-0.4, -0.2) is 22.1 Å². The van der Waals surface area contributed by atoms with E-state index in [-0.39, 0.29) is 18.4 Å². The van der Waals surface area contributed by atoms with Gasteiger partial charge in [0.05, 0.1) is 5.56 Å². The molecule has 18 heavy (non-hydrogen) atoms. The van der Waals surface area contributed by atoms with E-state index in [2.05, 4.69) is 4.98 Å². The maximum absolute atomic E-state index is 11.0. The number of nitrogens with one attached hydrogen (secondary N) is 1. The summed E-state index contributed by atoms with van der Waals surface area (Å²) in [5.74, 6) is -0.887. The van der Waals surface area contributed by atoms with Crippen molar-refractivity contribution in [2.75, 3.05) is 0 Å². The zero-order valence-electron chi connectivity index (χ0n) is 9.77. The molecule has 4 N–H and O–H groups in total. The summed E-state index contributed by atoms with van der Waals surface area (Å²) in [6.07, 6.45) is 2.78. The molecule has 1 aliphatic rings. The summed E-state index contributed by atoms with van der Waals surface area (Å²) in [5, 5.41) is 10.0. The number of aromatic amines is 1. The van der Waals surface area contributed by atoms with Gasteiger partial charge >= 0.3 is 5.97 Å². The Bertz CT molecular complexity index is 606. The summed E-state index contributed by atoms with van der Waals surface area (Å²) in [6.45, 7) is 0. The largest absolute Gasteiger partial charge is 0.478 e. The van der Waals surface area contributed by atoms with Gasteiger partial charge in [0, 0.05) is 22.6 Å². The minimum Gasteiger partial charge on any atom is -0.478 e. The first-order valence-electron chi connectivity index (χ1n) is 5.77. The van der Waals surface area contributed by atoms with Crippen LogP contribution in [0.3, 0.4) is 0 Å². The van der Waals surface area contributed by atoms with Crippen LogP contribution in [0.15, 0.2) is 18.2 Å². The van der Waals surface area contributed by atoms with E-state index in [1.54, 1.807) is 12.1 Å². The molecule has 5 heteroatoms. The molecule has 0 spiro atoms. The number of benzene rings is 1. The minimum atomic E-state index is -0.887. The SMILES string of the molecule is Cl.NC1CCc2[nH]c3ccc(C(=O)O)cc3c2C1. The van der Waals surface area contributed by atoms with Crippen LogP contribution < -0.4 is 5.73 Å². The number of hydrogen-bond donors (Lipinski definition) is 3. The number of hydrogen-bond acceptors (Lipinski definition) is 2. The number of aryl methyl sites for hydroxylation is 1. The number of H-pyrrole nitrogens is 1. The lowest BCUT2D eigenvalue weighted by Crippen LogP contribution is -2.27. The molecule has 1 unspecified atom stereocenters. The van der Waals surface area contributed by atoms with Gasteiger partial charge < -0.3 is 15.8 Å². The molecule has 1 aromatic carbocycles. The van der Waals surface area contributed by atoms with E-state index in [4.69, 9.17) is 10.8 Å². The molecule has 0 aliphatic heterocycles. The number of carboxylic acid groups (broad SMARTS) is 1. The number of nitrogens with two attached hydrogens (primary N) is 1. The molecule has 4 nitrogen and oxygen atoms in total. The van der Waals surface area contributed by atoms with Crippen molar-refractivity contribution in [3.8, 4) is 0 Å². The Morgan fingerprint density at radius 3 is 2.94 bits per heavy atom. The van der Waals surface area contributed by atoms with Crippen LogP contribution in [0.5, 0.6) is 0 Å². The zero-order chi connectivity index (χ0) is 12.0. The Hall–Kier alpha value is -1.52. The molecule has 1 atom stereocenters. The van der Waals surface area contributed by atoms with Crippen LogP contribution >= 0.6 is 12.4 Å².